The van der Waals surface area contributed by atoms with Crippen LogP contribution in [0.25, 0.3) is 0 Å². The Morgan fingerprint density at radius 1 is 1.40 bits per heavy atom. The number of aliphatic hydroxyl groups excluding tert-OH is 1. The van der Waals surface area contributed by atoms with Crippen LogP contribution in [0.5, 0.6) is 5.75 Å². The van der Waals surface area contributed by atoms with Crippen molar-refractivity contribution in [2.24, 2.45) is 7.05 Å². The lowest BCUT2D eigenvalue weighted by molar-refractivity contribution is 0.297. The minimum atomic E-state index is -0.381. The van der Waals surface area contributed by atoms with Crippen molar-refractivity contribution in [2.75, 3.05) is 6.61 Å². The molecule has 2 aromatic rings. The van der Waals surface area contributed by atoms with Gasteiger partial charge in [-0.3, -0.25) is 4.68 Å². The predicted octanol–water partition coefficient (Wildman–Crippen LogP) is 1.87. The summed E-state index contributed by atoms with van der Waals surface area (Å²) in [6.07, 6.45) is 2.18. The molecule has 0 atom stereocenters. The second-order valence-corrected chi connectivity index (χ2v) is 4.19. The SMILES string of the molecule is Cn1ccc(COc2cc(F)ccc2C#CCCO)n1. The highest BCUT2D eigenvalue weighted by Gasteiger charge is 2.05. The molecule has 2 rings (SSSR count). The van der Waals surface area contributed by atoms with Crippen LogP contribution >= 0.6 is 0 Å². The van der Waals surface area contributed by atoms with E-state index in [9.17, 15) is 4.39 Å². The van der Waals surface area contributed by atoms with Gasteiger partial charge < -0.3 is 9.84 Å². The van der Waals surface area contributed by atoms with Crippen molar-refractivity contribution in [3.63, 3.8) is 0 Å². The Labute approximate surface area is 116 Å². The molecule has 1 heterocycles. The lowest BCUT2D eigenvalue weighted by Crippen LogP contribution is -2.00. The zero-order valence-corrected chi connectivity index (χ0v) is 11.1. The van der Waals surface area contributed by atoms with E-state index in [2.05, 4.69) is 16.9 Å². The molecule has 0 amide bonds. The highest BCUT2D eigenvalue weighted by molar-refractivity contribution is 5.46. The van der Waals surface area contributed by atoms with E-state index in [0.29, 0.717) is 17.7 Å². The molecule has 0 saturated carbocycles. The highest BCUT2D eigenvalue weighted by atomic mass is 19.1. The topological polar surface area (TPSA) is 47.3 Å². The van der Waals surface area contributed by atoms with Crippen molar-refractivity contribution in [1.82, 2.24) is 9.78 Å². The zero-order valence-electron chi connectivity index (χ0n) is 11.1. The van der Waals surface area contributed by atoms with E-state index < -0.39 is 0 Å². The Balaban J connectivity index is 2.13. The van der Waals surface area contributed by atoms with Crippen molar-refractivity contribution < 1.29 is 14.2 Å². The van der Waals surface area contributed by atoms with E-state index in [1.807, 2.05) is 19.3 Å². The van der Waals surface area contributed by atoms with Crippen LogP contribution in [0.2, 0.25) is 0 Å². The molecule has 0 unspecified atom stereocenters. The number of rotatable bonds is 4. The molecular weight excluding hydrogens is 259 g/mol. The van der Waals surface area contributed by atoms with Gasteiger partial charge in [-0.25, -0.2) is 4.39 Å². The lowest BCUT2D eigenvalue weighted by Gasteiger charge is -2.07. The maximum absolute atomic E-state index is 13.3. The molecule has 0 spiro atoms. The van der Waals surface area contributed by atoms with Crippen LogP contribution in [-0.4, -0.2) is 21.5 Å². The molecule has 4 nitrogen and oxygen atoms in total. The Morgan fingerprint density at radius 2 is 2.25 bits per heavy atom. The van der Waals surface area contributed by atoms with Crippen molar-refractivity contribution in [3.8, 4) is 17.6 Å². The highest BCUT2D eigenvalue weighted by Crippen LogP contribution is 2.20. The van der Waals surface area contributed by atoms with Gasteiger partial charge in [-0.15, -0.1) is 0 Å². The first kappa shape index (κ1) is 14.1. The number of halogens is 1. The Morgan fingerprint density at radius 3 is 2.95 bits per heavy atom. The van der Waals surface area contributed by atoms with E-state index in [4.69, 9.17) is 9.84 Å². The monoisotopic (exact) mass is 274 g/mol. The molecule has 0 fully saturated rings. The predicted molar refractivity (Wildman–Crippen MR) is 72.5 cm³/mol. The lowest BCUT2D eigenvalue weighted by atomic mass is 10.2. The summed E-state index contributed by atoms with van der Waals surface area (Å²) in [5.41, 5.74) is 1.35. The molecule has 20 heavy (non-hydrogen) atoms. The number of ether oxygens (including phenoxy) is 1. The quantitative estimate of drug-likeness (QED) is 0.866. The Kier molecular flexibility index (Phi) is 4.75. The van der Waals surface area contributed by atoms with Crippen LogP contribution in [0.4, 0.5) is 4.39 Å². The fourth-order valence-electron chi connectivity index (χ4n) is 1.62. The first-order chi connectivity index (χ1) is 9.69. The third-order valence-electron chi connectivity index (χ3n) is 2.55. The molecule has 0 aliphatic carbocycles. The molecular formula is C15H15FN2O2. The van der Waals surface area contributed by atoms with Crippen molar-refractivity contribution >= 4 is 0 Å². The van der Waals surface area contributed by atoms with Crippen molar-refractivity contribution in [3.05, 3.63) is 47.5 Å². The molecule has 0 saturated heterocycles. The summed E-state index contributed by atoms with van der Waals surface area (Å²) >= 11 is 0. The number of benzene rings is 1. The Hall–Kier alpha value is -2.32. The van der Waals surface area contributed by atoms with E-state index in [1.54, 1.807) is 10.7 Å². The summed E-state index contributed by atoms with van der Waals surface area (Å²) in [4.78, 5) is 0. The molecule has 1 N–H and O–H groups in total. The van der Waals surface area contributed by atoms with Gasteiger partial charge in [0.05, 0.1) is 17.9 Å². The van der Waals surface area contributed by atoms with E-state index in [1.165, 1.54) is 12.1 Å². The molecule has 1 aromatic carbocycles. The van der Waals surface area contributed by atoms with Crippen LogP contribution < -0.4 is 4.74 Å². The first-order valence-electron chi connectivity index (χ1n) is 6.19. The summed E-state index contributed by atoms with van der Waals surface area (Å²) in [7, 11) is 1.82. The molecule has 1 aromatic heterocycles. The van der Waals surface area contributed by atoms with Crippen molar-refractivity contribution in [2.45, 2.75) is 13.0 Å². The third-order valence-corrected chi connectivity index (χ3v) is 2.55. The van der Waals surface area contributed by atoms with E-state index >= 15 is 0 Å². The number of hydrogen-bond acceptors (Lipinski definition) is 3. The van der Waals surface area contributed by atoms with Crippen LogP contribution in [0.15, 0.2) is 30.5 Å². The standard InChI is InChI=1S/C15H15FN2O2/c1-18-8-7-14(17-18)11-20-15-10-13(16)6-5-12(15)4-2-3-9-19/h5-8,10,19H,3,9,11H2,1H3. The first-order valence-corrected chi connectivity index (χ1v) is 6.19. The molecule has 104 valence electrons. The minimum Gasteiger partial charge on any atom is -0.486 e. The fourth-order valence-corrected chi connectivity index (χ4v) is 1.62. The fraction of sp³-hybridized carbons (Fsp3) is 0.267. The number of aryl methyl sites for hydroxylation is 1. The second kappa shape index (κ2) is 6.73. The van der Waals surface area contributed by atoms with Gasteiger partial charge in [-0.2, -0.15) is 5.10 Å². The summed E-state index contributed by atoms with van der Waals surface area (Å²) in [5, 5.41) is 12.9. The maximum Gasteiger partial charge on any atom is 0.138 e. The third kappa shape index (κ3) is 3.84. The van der Waals surface area contributed by atoms with Crippen LogP contribution in [-0.2, 0) is 13.7 Å². The van der Waals surface area contributed by atoms with Crippen LogP contribution in [0, 0.1) is 17.7 Å². The molecule has 0 bridgehead atoms. The van der Waals surface area contributed by atoms with Crippen LogP contribution in [0.1, 0.15) is 17.7 Å². The van der Waals surface area contributed by atoms with Gasteiger partial charge in [0.15, 0.2) is 0 Å². The average molecular weight is 274 g/mol. The van der Waals surface area contributed by atoms with Gasteiger partial charge in [0.1, 0.15) is 18.2 Å². The number of aromatic nitrogens is 2. The van der Waals surface area contributed by atoms with Gasteiger partial charge in [0.25, 0.3) is 0 Å². The average Bonchev–Trinajstić information content (AvgIpc) is 2.84. The normalized spacial score (nSPS) is 9.95. The number of nitrogens with zero attached hydrogens (tertiary/aromatic N) is 2. The smallest absolute Gasteiger partial charge is 0.138 e. The van der Waals surface area contributed by atoms with Gasteiger partial charge in [0, 0.05) is 25.7 Å². The van der Waals surface area contributed by atoms with Gasteiger partial charge in [0.2, 0.25) is 0 Å². The second-order valence-electron chi connectivity index (χ2n) is 4.19. The number of hydrogen-bond donors (Lipinski definition) is 1. The van der Waals surface area contributed by atoms with Gasteiger partial charge in [-0.1, -0.05) is 11.8 Å². The summed E-state index contributed by atoms with van der Waals surface area (Å²) in [5.74, 6) is 5.64. The summed E-state index contributed by atoms with van der Waals surface area (Å²) in [6, 6.07) is 6.02. The van der Waals surface area contributed by atoms with Gasteiger partial charge >= 0.3 is 0 Å². The van der Waals surface area contributed by atoms with Gasteiger partial charge in [-0.05, 0) is 18.2 Å². The molecule has 5 heteroatoms. The van der Waals surface area contributed by atoms with E-state index in [-0.39, 0.29) is 19.0 Å². The minimum absolute atomic E-state index is 0.00167. The Bertz CT molecular complexity index is 641. The van der Waals surface area contributed by atoms with Crippen molar-refractivity contribution in [1.29, 1.82) is 0 Å². The maximum atomic E-state index is 13.3. The molecule has 0 aliphatic heterocycles. The summed E-state index contributed by atoms with van der Waals surface area (Å²) in [6.45, 7) is 0.247. The van der Waals surface area contributed by atoms with Crippen LogP contribution in [0.3, 0.4) is 0 Å². The summed E-state index contributed by atoms with van der Waals surface area (Å²) < 4.78 is 20.5. The molecule has 0 aliphatic rings. The largest absolute Gasteiger partial charge is 0.486 e. The van der Waals surface area contributed by atoms with E-state index in [0.717, 1.165) is 5.69 Å². The zero-order chi connectivity index (χ0) is 14.4. The molecule has 0 radical (unpaired) electrons. The number of aliphatic hydroxyl groups is 1.